The fourth-order valence-electron chi connectivity index (χ4n) is 14.5. The van der Waals surface area contributed by atoms with Gasteiger partial charge in [-0.05, 0) is 136 Å². The molecule has 95 heavy (non-hydrogen) atoms. The zero-order chi connectivity index (χ0) is 66.1. The van der Waals surface area contributed by atoms with Gasteiger partial charge in [0.15, 0.2) is 12.5 Å². The monoisotopic (exact) mass is 1350 g/mol. The molecule has 3 saturated carbocycles. The molecule has 13 N–H and O–H groups in total. The normalized spacial score (nSPS) is 20.1. The molecular weight excluding hydrogens is 1270 g/mol. The van der Waals surface area contributed by atoms with Gasteiger partial charge in [-0.2, -0.15) is 15.0 Å². The predicted octanol–water partition coefficient (Wildman–Crippen LogP) is 9.14. The van der Waals surface area contributed by atoms with Crippen molar-refractivity contribution in [1.82, 2.24) is 59.6 Å². The molecule has 3 spiro atoms. The second-order valence-corrected chi connectivity index (χ2v) is 29.6. The largest absolute Gasteiger partial charge is 0.379 e. The molecule has 30 heteroatoms. The van der Waals surface area contributed by atoms with E-state index in [0.717, 1.165) is 121 Å². The molecule has 500 valence electrons. The minimum Gasteiger partial charge on any atom is -0.379 e. The lowest BCUT2D eigenvalue weighted by molar-refractivity contribution is -0.139. The number of carbonyl (C=O) groups is 1. The summed E-state index contributed by atoms with van der Waals surface area (Å²) in [5.41, 5.74) is 7.75. The molecule has 3 aliphatic carbocycles. The molecule has 3 unspecified atom stereocenters. The topological polar surface area (TPSA) is 391 Å². The number of primary sulfonamides is 3. The average molecular weight is 1350 g/mol. The lowest BCUT2D eigenvalue weighted by Crippen LogP contribution is -2.56. The van der Waals surface area contributed by atoms with Crippen LogP contribution in [0.1, 0.15) is 146 Å². The van der Waals surface area contributed by atoms with Crippen LogP contribution >= 0.6 is 0 Å². The number of ether oxygens (including phenoxy) is 1. The van der Waals surface area contributed by atoms with Gasteiger partial charge in [0.05, 0.1) is 43.2 Å². The first-order valence-corrected chi connectivity index (χ1v) is 35.8. The van der Waals surface area contributed by atoms with Gasteiger partial charge < -0.3 is 55.4 Å². The van der Waals surface area contributed by atoms with Crippen molar-refractivity contribution in [2.45, 2.75) is 160 Å². The molecule has 0 radical (unpaired) electrons. The average Bonchev–Trinajstić information content (AvgIpc) is 1.63. The molecule has 0 saturated heterocycles. The van der Waals surface area contributed by atoms with Gasteiger partial charge in [-0.15, -0.1) is 0 Å². The van der Waals surface area contributed by atoms with E-state index < -0.39 is 48.1 Å². The quantitative estimate of drug-likeness (QED) is 0.0609. The molecule has 3 atom stereocenters. The smallest absolute Gasteiger partial charge is 0.248 e. The van der Waals surface area contributed by atoms with E-state index in [-0.39, 0.29) is 45.1 Å². The van der Waals surface area contributed by atoms with Gasteiger partial charge in [-0.1, -0.05) is 78.4 Å². The minimum atomic E-state index is -3.77. The van der Waals surface area contributed by atoms with Gasteiger partial charge in [-0.25, -0.2) is 55.6 Å². The maximum atomic E-state index is 13.2. The van der Waals surface area contributed by atoms with E-state index in [2.05, 4.69) is 82.1 Å². The fourth-order valence-corrected chi connectivity index (χ4v) is 16.0. The van der Waals surface area contributed by atoms with E-state index in [1.54, 1.807) is 55.9 Å². The number of aliphatic hydroxyl groups is 1. The van der Waals surface area contributed by atoms with Gasteiger partial charge in [0.1, 0.15) is 22.5 Å². The number of nitrogens with one attached hydrogen (secondary N) is 6. The molecule has 9 heterocycles. The van der Waals surface area contributed by atoms with E-state index in [1.807, 2.05) is 22.9 Å². The molecule has 0 bridgehead atoms. The summed E-state index contributed by atoms with van der Waals surface area (Å²) in [4.78, 5) is 40.9. The summed E-state index contributed by atoms with van der Waals surface area (Å²) >= 11 is 0. The molecule has 6 aliphatic rings. The third-order valence-electron chi connectivity index (χ3n) is 19.1. The number of nitrogens with zero attached hydrogens (tertiary/aromatic N) is 9. The van der Waals surface area contributed by atoms with Crippen molar-refractivity contribution < 1.29 is 39.9 Å². The van der Waals surface area contributed by atoms with E-state index in [0.29, 0.717) is 40.6 Å². The second kappa shape index (κ2) is 25.4. The first-order valence-electron chi connectivity index (χ1n) is 31.2. The summed E-state index contributed by atoms with van der Waals surface area (Å²) in [5.74, 6) is 1.13. The number of amides is 1. The third-order valence-corrected chi connectivity index (χ3v) is 21.9. The summed E-state index contributed by atoms with van der Waals surface area (Å²) < 4.78 is 80.9. The first kappa shape index (κ1) is 66.2. The highest BCUT2D eigenvalue weighted by Crippen LogP contribution is 2.49. The van der Waals surface area contributed by atoms with Gasteiger partial charge in [0.2, 0.25) is 53.8 Å². The number of anilines is 6. The number of hydrogen-bond acceptors (Lipinski definition) is 20. The van der Waals surface area contributed by atoms with Crippen LogP contribution in [0.25, 0.3) is 33.1 Å². The van der Waals surface area contributed by atoms with Crippen molar-refractivity contribution in [2.75, 3.05) is 23.1 Å². The van der Waals surface area contributed by atoms with Crippen molar-refractivity contribution in [1.29, 1.82) is 0 Å². The van der Waals surface area contributed by atoms with Crippen LogP contribution in [0, 0.1) is 0 Å². The number of allylic oxidation sites excluding steroid dienone is 2. The van der Waals surface area contributed by atoms with Crippen molar-refractivity contribution >= 4 is 104 Å². The van der Waals surface area contributed by atoms with Crippen LogP contribution in [0.15, 0.2) is 149 Å². The molecule has 3 aliphatic heterocycles. The number of methoxy groups -OCH3 is 1. The SMILES string of the molecule is C.C=C1NC(C)c2cc3cnc(Nc4ccc(S(N)(=O)=O)cc4)nc3n2C12CCCCC2.C=C1NC(O)c2cc3cnc(Nc4ccc(S(N)(=O)=O)cc4)nc3n2C12CCCCC2.COC1NC(=O)C2(CCCCC2)n2c1cc1cnc(Nc3ccc(S(N)(=O)=O)cc3)nc12. The van der Waals surface area contributed by atoms with Crippen molar-refractivity contribution in [3.05, 3.63) is 151 Å². The number of rotatable bonds is 10. The van der Waals surface area contributed by atoms with Crippen LogP contribution in [0.2, 0.25) is 0 Å². The van der Waals surface area contributed by atoms with E-state index in [4.69, 9.17) is 35.1 Å². The zero-order valence-electron chi connectivity index (χ0n) is 51.8. The van der Waals surface area contributed by atoms with E-state index >= 15 is 0 Å². The lowest BCUT2D eigenvalue weighted by atomic mass is 9.77. The summed E-state index contributed by atoms with van der Waals surface area (Å²) in [5, 5.41) is 47.9. The van der Waals surface area contributed by atoms with E-state index in [9.17, 15) is 35.2 Å². The number of benzene rings is 3. The Morgan fingerprint density at radius 3 is 1.20 bits per heavy atom. The van der Waals surface area contributed by atoms with Crippen LogP contribution < -0.4 is 47.3 Å². The molecule has 3 fully saturated rings. The van der Waals surface area contributed by atoms with Gasteiger partial charge >= 0.3 is 0 Å². The molecule has 9 aromatic rings. The Bertz CT molecular complexity index is 4610. The molecule has 27 nitrogen and oxygen atoms in total. The lowest BCUT2D eigenvalue weighted by Gasteiger charge is -2.47. The summed E-state index contributed by atoms with van der Waals surface area (Å²) in [6.45, 7) is 10.8. The van der Waals surface area contributed by atoms with Crippen LogP contribution in [0.3, 0.4) is 0 Å². The fraction of sp³-hybridized carbons (Fsp3) is 0.369. The van der Waals surface area contributed by atoms with Gasteiger partial charge in [-0.3, -0.25) is 4.79 Å². The van der Waals surface area contributed by atoms with E-state index in [1.165, 1.54) is 67.8 Å². The Kier molecular flexibility index (Phi) is 17.7. The van der Waals surface area contributed by atoms with Gasteiger partial charge in [0, 0.05) is 76.0 Å². The number of aromatic nitrogens is 9. The first-order chi connectivity index (χ1) is 44.9. The maximum Gasteiger partial charge on any atom is 0.248 e. The number of sulfonamides is 3. The van der Waals surface area contributed by atoms with Crippen LogP contribution in [0.4, 0.5) is 34.9 Å². The van der Waals surface area contributed by atoms with Crippen molar-refractivity contribution in [2.24, 2.45) is 15.4 Å². The molecular formula is C65H78N18O9S3. The Morgan fingerprint density at radius 1 is 0.505 bits per heavy atom. The Labute approximate surface area is 550 Å². The van der Waals surface area contributed by atoms with Gasteiger partial charge in [0.25, 0.3) is 0 Å². The van der Waals surface area contributed by atoms with Crippen molar-refractivity contribution in [3.8, 4) is 0 Å². The Hall–Kier alpha value is -8.88. The summed E-state index contributed by atoms with van der Waals surface area (Å²) in [7, 11) is -9.68. The number of nitrogens with two attached hydrogens (primary N) is 3. The number of hydrogen-bond donors (Lipinski definition) is 10. The molecule has 1 amide bonds. The number of aliphatic hydroxyl groups excluding tert-OH is 1. The molecule has 15 rings (SSSR count). The Balaban J connectivity index is 0.000000136. The number of carbonyl (C=O) groups excluding carboxylic acids is 1. The highest BCUT2D eigenvalue weighted by Gasteiger charge is 2.49. The summed E-state index contributed by atoms with van der Waals surface area (Å²) in [6, 6.07) is 24.5. The molecule has 6 aromatic heterocycles. The Morgan fingerprint density at radius 2 is 0.832 bits per heavy atom. The highest BCUT2D eigenvalue weighted by molar-refractivity contribution is 7.89. The number of fused-ring (bicyclic) bond motifs is 12. The third kappa shape index (κ3) is 12.4. The maximum absolute atomic E-state index is 13.2. The molecule has 3 aromatic carbocycles. The second-order valence-electron chi connectivity index (χ2n) is 25.0. The predicted molar refractivity (Wildman–Crippen MR) is 362 cm³/mol. The summed E-state index contributed by atoms with van der Waals surface area (Å²) in [6.07, 6.45) is 19.3. The van der Waals surface area contributed by atoms with Crippen LogP contribution in [-0.2, 0) is 56.2 Å². The van der Waals surface area contributed by atoms with Crippen molar-refractivity contribution in [3.63, 3.8) is 0 Å². The minimum absolute atomic E-state index is 0. The van der Waals surface area contributed by atoms with Crippen LogP contribution in [0.5, 0.6) is 0 Å². The standard InChI is InChI=1S/C22H26N6O2S.C21H24N6O4S.C21H24N6O3S.CH4/c1-14-19-12-16-13-24-21(26-17-6-8-18(9-7-17)31(23,29)30)27-20(16)28(19)22(15(2)25-14)10-4-3-5-11-22;1-31-18-16-11-13-12-23-20(24-14-5-7-15(8-6-14)32(22,29)30)25-17(13)27(16)21(19(28)26-18)9-3-2-4-10-21;1-13-21(9-3-2-4-10-21)27-17(19(28)24-13)11-14-12-23-20(26-18(14)27)25-15-5-7-16(8-6-15)31(22,29)30;/h6-9,12-14,25H,2-5,10-11H2,1H3,(H2,23,29,30)(H,24,26,27);5-8,11-12,18H,2-4,9-10H2,1H3,(H,26,28)(H2,22,29,30)(H,23,24,25);5-8,11-12,19,24,28H,1-4,9-10H2,(H2,22,29,30)(H,23,25,26);1H4. The highest BCUT2D eigenvalue weighted by atomic mass is 32.2. The zero-order valence-corrected chi connectivity index (χ0v) is 54.3. The van der Waals surface area contributed by atoms with Crippen LogP contribution in [-0.4, -0.2) is 87.0 Å².